The molecule has 3 atom stereocenters. The minimum absolute atomic E-state index is 0.0912. The maximum Gasteiger partial charge on any atom is 0.322 e. The molecule has 0 aliphatic carbocycles. The maximum atomic E-state index is 13.5. The number of urea groups is 1. The minimum Gasteiger partial charge on any atom is -0.394 e. The highest BCUT2D eigenvalue weighted by molar-refractivity contribution is 6.31. The molecular weight excluding hydrogens is 395 g/mol. The summed E-state index contributed by atoms with van der Waals surface area (Å²) in [4.78, 5) is 16.0. The number of halogens is 4. The molecule has 1 aromatic rings. The second-order valence-electron chi connectivity index (χ2n) is 7.63. The lowest BCUT2D eigenvalue weighted by Gasteiger charge is -2.30. The monoisotopic (exact) mass is 419 g/mol. The highest BCUT2D eigenvalue weighted by atomic mass is 35.5. The van der Waals surface area contributed by atoms with Gasteiger partial charge in [-0.15, -0.1) is 0 Å². The average molecular weight is 420 g/mol. The first kappa shape index (κ1) is 21.2. The van der Waals surface area contributed by atoms with E-state index in [-0.39, 0.29) is 36.4 Å². The SMILES string of the molecule is CC[C@@H]1CN(C(=O)Nc2ccc(F)c(Cl)c2)[C@H](CO)[C@@H]1CN1CCC(F)(F)C1. The van der Waals surface area contributed by atoms with Crippen LogP contribution in [0.3, 0.4) is 0 Å². The van der Waals surface area contributed by atoms with Gasteiger partial charge < -0.3 is 15.3 Å². The Hall–Kier alpha value is -1.51. The van der Waals surface area contributed by atoms with Crippen molar-refractivity contribution < 1.29 is 23.1 Å². The third kappa shape index (κ3) is 4.55. The number of rotatable bonds is 5. The van der Waals surface area contributed by atoms with Gasteiger partial charge in [0, 0.05) is 31.7 Å². The molecule has 0 bridgehead atoms. The van der Waals surface area contributed by atoms with Crippen LogP contribution in [0.4, 0.5) is 23.7 Å². The van der Waals surface area contributed by atoms with Crippen LogP contribution < -0.4 is 5.32 Å². The number of likely N-dealkylation sites (tertiary alicyclic amines) is 2. The normalized spacial score (nSPS) is 27.4. The summed E-state index contributed by atoms with van der Waals surface area (Å²) < 4.78 is 40.4. The predicted molar refractivity (Wildman–Crippen MR) is 101 cm³/mol. The fourth-order valence-electron chi connectivity index (χ4n) is 4.27. The number of amides is 2. The quantitative estimate of drug-likeness (QED) is 0.765. The van der Waals surface area contributed by atoms with Crippen LogP contribution in [0.1, 0.15) is 19.8 Å². The molecule has 156 valence electrons. The second-order valence-corrected chi connectivity index (χ2v) is 8.04. The van der Waals surface area contributed by atoms with E-state index >= 15 is 0 Å². The summed E-state index contributed by atoms with van der Waals surface area (Å²) in [6, 6.07) is 3.00. The van der Waals surface area contributed by atoms with Crippen LogP contribution >= 0.6 is 11.6 Å². The van der Waals surface area contributed by atoms with Crippen molar-refractivity contribution in [1.29, 1.82) is 0 Å². The number of anilines is 1. The number of nitrogens with one attached hydrogen (secondary N) is 1. The number of alkyl halides is 2. The van der Waals surface area contributed by atoms with Crippen LogP contribution in [0.5, 0.6) is 0 Å². The van der Waals surface area contributed by atoms with E-state index < -0.39 is 23.8 Å². The number of carbonyl (C=O) groups is 1. The molecule has 9 heteroatoms. The van der Waals surface area contributed by atoms with Gasteiger partial charge in [-0.25, -0.2) is 18.0 Å². The van der Waals surface area contributed by atoms with Crippen molar-refractivity contribution in [3.8, 4) is 0 Å². The van der Waals surface area contributed by atoms with Gasteiger partial charge >= 0.3 is 6.03 Å². The van der Waals surface area contributed by atoms with E-state index in [1.54, 1.807) is 9.80 Å². The Morgan fingerprint density at radius 3 is 2.75 bits per heavy atom. The van der Waals surface area contributed by atoms with Gasteiger partial charge in [0.2, 0.25) is 0 Å². The third-order valence-corrected chi connectivity index (χ3v) is 6.08. The summed E-state index contributed by atoms with van der Waals surface area (Å²) in [5, 5.41) is 12.5. The topological polar surface area (TPSA) is 55.8 Å². The van der Waals surface area contributed by atoms with Gasteiger partial charge in [0.1, 0.15) is 5.82 Å². The van der Waals surface area contributed by atoms with E-state index in [0.29, 0.717) is 25.3 Å². The van der Waals surface area contributed by atoms with Crippen LogP contribution in [0.25, 0.3) is 0 Å². The number of aliphatic hydroxyl groups is 1. The molecule has 28 heavy (non-hydrogen) atoms. The Labute approximate surface area is 167 Å². The molecule has 1 aromatic carbocycles. The zero-order valence-electron chi connectivity index (χ0n) is 15.7. The largest absolute Gasteiger partial charge is 0.394 e. The lowest BCUT2D eigenvalue weighted by Crippen LogP contribution is -2.45. The maximum absolute atomic E-state index is 13.5. The molecule has 0 saturated carbocycles. The summed E-state index contributed by atoms with van der Waals surface area (Å²) in [7, 11) is 0. The number of hydrogen-bond acceptors (Lipinski definition) is 3. The molecule has 2 heterocycles. The van der Waals surface area contributed by atoms with Crippen molar-refractivity contribution in [2.24, 2.45) is 11.8 Å². The molecule has 0 aromatic heterocycles. The molecule has 2 saturated heterocycles. The van der Waals surface area contributed by atoms with Crippen LogP contribution in [0, 0.1) is 17.7 Å². The Balaban J connectivity index is 1.70. The molecular formula is C19H25ClF3N3O2. The zero-order chi connectivity index (χ0) is 20.5. The highest BCUT2D eigenvalue weighted by Gasteiger charge is 2.46. The van der Waals surface area contributed by atoms with Gasteiger partial charge in [0.15, 0.2) is 0 Å². The van der Waals surface area contributed by atoms with E-state index in [4.69, 9.17) is 11.6 Å². The molecule has 2 aliphatic heterocycles. The molecule has 3 rings (SSSR count). The highest BCUT2D eigenvalue weighted by Crippen LogP contribution is 2.36. The minimum atomic E-state index is -2.67. The van der Waals surface area contributed by atoms with Crippen LogP contribution in [0.15, 0.2) is 18.2 Å². The van der Waals surface area contributed by atoms with Crippen molar-refractivity contribution in [2.75, 3.05) is 38.1 Å². The summed E-state index contributed by atoms with van der Waals surface area (Å²) in [5.74, 6) is -3.24. The summed E-state index contributed by atoms with van der Waals surface area (Å²) in [5.41, 5.74) is 0.351. The Bertz CT molecular complexity index is 722. The number of hydrogen-bond donors (Lipinski definition) is 2. The van der Waals surface area contributed by atoms with Crippen molar-refractivity contribution in [1.82, 2.24) is 9.80 Å². The zero-order valence-corrected chi connectivity index (χ0v) is 16.4. The van der Waals surface area contributed by atoms with Gasteiger partial charge in [-0.2, -0.15) is 0 Å². The van der Waals surface area contributed by atoms with Gasteiger partial charge in [0.25, 0.3) is 5.92 Å². The summed E-state index contributed by atoms with van der Waals surface area (Å²) in [6.07, 6.45) is 0.618. The molecule has 5 nitrogen and oxygen atoms in total. The standard InChI is InChI=1S/C19H25ClF3N3O2/c1-2-12-8-26(18(28)24-13-3-4-16(21)15(20)7-13)17(10-27)14(12)9-25-6-5-19(22,23)11-25/h3-4,7,12,14,17,27H,2,5-6,8-11H2,1H3,(H,24,28)/t12-,14-,17-/m1/s1. The van der Waals surface area contributed by atoms with Gasteiger partial charge in [0.05, 0.1) is 24.2 Å². The van der Waals surface area contributed by atoms with Crippen molar-refractivity contribution in [3.63, 3.8) is 0 Å². The Kier molecular flexibility index (Phi) is 6.41. The molecule has 2 aliphatic rings. The van der Waals surface area contributed by atoms with Gasteiger partial charge in [-0.3, -0.25) is 4.90 Å². The summed E-state index contributed by atoms with van der Waals surface area (Å²) >= 11 is 5.75. The first-order chi connectivity index (χ1) is 13.2. The fourth-order valence-corrected chi connectivity index (χ4v) is 4.45. The second kappa shape index (κ2) is 8.47. The summed E-state index contributed by atoms with van der Waals surface area (Å²) in [6.45, 7) is 2.63. The molecule has 2 N–H and O–H groups in total. The van der Waals surface area contributed by atoms with E-state index in [9.17, 15) is 23.1 Å². The average Bonchev–Trinajstić information content (AvgIpc) is 3.17. The van der Waals surface area contributed by atoms with E-state index in [1.807, 2.05) is 6.92 Å². The van der Waals surface area contributed by atoms with E-state index in [2.05, 4.69) is 5.32 Å². The lowest BCUT2D eigenvalue weighted by molar-refractivity contribution is 0.00917. The first-order valence-electron chi connectivity index (χ1n) is 9.47. The van der Waals surface area contributed by atoms with Crippen molar-refractivity contribution in [2.45, 2.75) is 31.7 Å². The van der Waals surface area contributed by atoms with E-state index in [1.165, 1.54) is 12.1 Å². The predicted octanol–water partition coefficient (Wildman–Crippen LogP) is 3.67. The molecule has 0 unspecified atom stereocenters. The number of benzene rings is 1. The van der Waals surface area contributed by atoms with Crippen LogP contribution in [-0.2, 0) is 0 Å². The lowest BCUT2D eigenvalue weighted by atomic mass is 9.88. The van der Waals surface area contributed by atoms with Crippen LogP contribution in [-0.4, -0.2) is 65.7 Å². The van der Waals surface area contributed by atoms with Gasteiger partial charge in [-0.05, 0) is 30.0 Å². The van der Waals surface area contributed by atoms with Gasteiger partial charge in [-0.1, -0.05) is 24.9 Å². The fraction of sp³-hybridized carbons (Fsp3) is 0.632. The Morgan fingerprint density at radius 2 is 2.18 bits per heavy atom. The molecule has 2 fully saturated rings. The van der Waals surface area contributed by atoms with Crippen molar-refractivity contribution in [3.05, 3.63) is 29.0 Å². The van der Waals surface area contributed by atoms with Crippen molar-refractivity contribution >= 4 is 23.3 Å². The molecule has 0 spiro atoms. The smallest absolute Gasteiger partial charge is 0.322 e. The first-order valence-corrected chi connectivity index (χ1v) is 9.85. The number of aliphatic hydroxyl groups excluding tert-OH is 1. The van der Waals surface area contributed by atoms with E-state index in [0.717, 1.165) is 12.5 Å². The molecule has 2 amide bonds. The molecule has 0 radical (unpaired) electrons. The number of nitrogens with zero attached hydrogens (tertiary/aromatic N) is 2. The number of carbonyl (C=O) groups excluding carboxylic acids is 1. The third-order valence-electron chi connectivity index (χ3n) is 5.79. The Morgan fingerprint density at radius 1 is 1.43 bits per heavy atom. The van der Waals surface area contributed by atoms with Crippen LogP contribution in [0.2, 0.25) is 5.02 Å².